The molecule has 1 aliphatic rings. The number of aliphatic hydroxyl groups is 1. The molecule has 1 aliphatic carbocycles. The Bertz CT molecular complexity index is 174. The van der Waals surface area contributed by atoms with Gasteiger partial charge in [-0.15, -0.1) is 0 Å². The Morgan fingerprint density at radius 1 is 1.50 bits per heavy atom. The quantitative estimate of drug-likeness (QED) is 0.525. The van der Waals surface area contributed by atoms with E-state index in [4.69, 9.17) is 5.11 Å². The molecule has 56 valence electrons. The topological polar surface area (TPSA) is 57.5 Å². The Morgan fingerprint density at radius 2 is 2.20 bits per heavy atom. The summed E-state index contributed by atoms with van der Waals surface area (Å²) < 4.78 is 0. The van der Waals surface area contributed by atoms with Crippen LogP contribution >= 0.6 is 0 Å². The number of hydrogen-bond donors (Lipinski definition) is 2. The van der Waals surface area contributed by atoms with Crippen molar-refractivity contribution in [2.24, 2.45) is 0 Å². The highest BCUT2D eigenvalue weighted by molar-refractivity contribution is 5.77. The largest absolute Gasteiger partial charge is 0.479 e. The molecular weight excluding hydrogens is 132 g/mol. The van der Waals surface area contributed by atoms with Crippen molar-refractivity contribution >= 4 is 5.97 Å². The molecule has 2 N–H and O–H groups in total. The number of carboxylic acid groups (broad SMARTS) is 1. The first-order chi connectivity index (χ1) is 4.65. The number of aliphatic carboxylic acids is 1. The zero-order valence-electron chi connectivity index (χ0n) is 5.58. The molecule has 3 nitrogen and oxygen atoms in total. The summed E-state index contributed by atoms with van der Waals surface area (Å²) in [6.45, 7) is 0. The minimum absolute atomic E-state index is 0.238. The highest BCUT2D eigenvalue weighted by Gasteiger charge is 2.34. The van der Waals surface area contributed by atoms with Crippen LogP contribution in [-0.4, -0.2) is 21.8 Å². The SMILES string of the molecule is O=C(O)[C@]1(O)CC=CCC1. The summed E-state index contributed by atoms with van der Waals surface area (Å²) in [4.78, 5) is 10.4. The van der Waals surface area contributed by atoms with Crippen LogP contribution in [0.1, 0.15) is 19.3 Å². The van der Waals surface area contributed by atoms with E-state index in [0.29, 0.717) is 12.8 Å². The maximum Gasteiger partial charge on any atom is 0.336 e. The molecule has 0 bridgehead atoms. The number of rotatable bonds is 1. The van der Waals surface area contributed by atoms with Crippen LogP contribution in [0.15, 0.2) is 12.2 Å². The van der Waals surface area contributed by atoms with Crippen molar-refractivity contribution in [3.05, 3.63) is 12.2 Å². The van der Waals surface area contributed by atoms with Gasteiger partial charge in [0, 0.05) is 6.42 Å². The van der Waals surface area contributed by atoms with Gasteiger partial charge in [-0.25, -0.2) is 4.79 Å². The van der Waals surface area contributed by atoms with E-state index < -0.39 is 11.6 Å². The molecule has 0 aliphatic heterocycles. The first-order valence-corrected chi connectivity index (χ1v) is 3.26. The molecule has 0 aromatic heterocycles. The second kappa shape index (κ2) is 2.42. The third-order valence-corrected chi connectivity index (χ3v) is 1.74. The molecule has 1 rings (SSSR count). The van der Waals surface area contributed by atoms with Gasteiger partial charge in [-0.2, -0.15) is 0 Å². The van der Waals surface area contributed by atoms with Gasteiger partial charge in [0.1, 0.15) is 0 Å². The summed E-state index contributed by atoms with van der Waals surface area (Å²) in [6, 6.07) is 0. The maximum atomic E-state index is 10.4. The van der Waals surface area contributed by atoms with Gasteiger partial charge < -0.3 is 10.2 Å². The molecule has 0 amide bonds. The lowest BCUT2D eigenvalue weighted by Crippen LogP contribution is -2.38. The molecule has 0 unspecified atom stereocenters. The number of carboxylic acids is 1. The van der Waals surface area contributed by atoms with E-state index in [-0.39, 0.29) is 6.42 Å². The summed E-state index contributed by atoms with van der Waals surface area (Å²) in [5, 5.41) is 17.8. The van der Waals surface area contributed by atoms with Crippen LogP contribution in [0.25, 0.3) is 0 Å². The predicted octanol–water partition coefficient (Wildman–Crippen LogP) is 0.542. The second-order valence-corrected chi connectivity index (χ2v) is 2.55. The van der Waals surface area contributed by atoms with Gasteiger partial charge in [0.25, 0.3) is 0 Å². The Balaban J connectivity index is 2.68. The molecule has 10 heavy (non-hydrogen) atoms. The predicted molar refractivity (Wildman–Crippen MR) is 35.6 cm³/mol. The normalized spacial score (nSPS) is 32.1. The summed E-state index contributed by atoms with van der Waals surface area (Å²) >= 11 is 0. The fourth-order valence-corrected chi connectivity index (χ4v) is 1.01. The minimum atomic E-state index is -1.49. The van der Waals surface area contributed by atoms with Crippen LogP contribution < -0.4 is 0 Å². The first-order valence-electron chi connectivity index (χ1n) is 3.26. The van der Waals surface area contributed by atoms with E-state index in [1.165, 1.54) is 0 Å². The van der Waals surface area contributed by atoms with Crippen LogP contribution in [0.5, 0.6) is 0 Å². The Morgan fingerprint density at radius 3 is 2.50 bits per heavy atom. The van der Waals surface area contributed by atoms with E-state index in [1.54, 1.807) is 6.08 Å². The second-order valence-electron chi connectivity index (χ2n) is 2.55. The van der Waals surface area contributed by atoms with Crippen molar-refractivity contribution in [1.29, 1.82) is 0 Å². The Hall–Kier alpha value is -0.830. The number of carbonyl (C=O) groups is 1. The van der Waals surface area contributed by atoms with Gasteiger partial charge in [-0.3, -0.25) is 0 Å². The maximum absolute atomic E-state index is 10.4. The van der Waals surface area contributed by atoms with Crippen LogP contribution in [0.3, 0.4) is 0 Å². The van der Waals surface area contributed by atoms with Gasteiger partial charge in [0.15, 0.2) is 5.60 Å². The molecule has 0 heterocycles. The van der Waals surface area contributed by atoms with Crippen LogP contribution in [0.2, 0.25) is 0 Å². The molecule has 0 spiro atoms. The van der Waals surface area contributed by atoms with Crippen molar-refractivity contribution in [1.82, 2.24) is 0 Å². The van der Waals surface area contributed by atoms with Gasteiger partial charge >= 0.3 is 5.97 Å². The third-order valence-electron chi connectivity index (χ3n) is 1.74. The molecular formula is C7H10O3. The van der Waals surface area contributed by atoms with E-state index in [0.717, 1.165) is 0 Å². The van der Waals surface area contributed by atoms with Crippen molar-refractivity contribution in [2.45, 2.75) is 24.9 Å². The lowest BCUT2D eigenvalue weighted by Gasteiger charge is -2.23. The van der Waals surface area contributed by atoms with Gasteiger partial charge in [0.05, 0.1) is 0 Å². The number of allylic oxidation sites excluding steroid dienone is 1. The highest BCUT2D eigenvalue weighted by atomic mass is 16.4. The first kappa shape index (κ1) is 7.28. The zero-order chi connectivity index (χ0) is 7.61. The molecule has 0 fully saturated rings. The average Bonchev–Trinajstić information content (AvgIpc) is 1.89. The summed E-state index contributed by atoms with van der Waals surface area (Å²) in [5.41, 5.74) is -1.49. The molecule has 0 saturated carbocycles. The fourth-order valence-electron chi connectivity index (χ4n) is 1.01. The molecule has 0 radical (unpaired) electrons. The number of hydrogen-bond acceptors (Lipinski definition) is 2. The Labute approximate surface area is 59.0 Å². The van der Waals surface area contributed by atoms with E-state index in [2.05, 4.69) is 0 Å². The Kier molecular flexibility index (Phi) is 1.76. The van der Waals surface area contributed by atoms with E-state index in [1.807, 2.05) is 6.08 Å². The van der Waals surface area contributed by atoms with Crippen LogP contribution in [0.4, 0.5) is 0 Å². The molecule has 0 aromatic carbocycles. The average molecular weight is 142 g/mol. The van der Waals surface area contributed by atoms with Gasteiger partial charge in [-0.1, -0.05) is 12.2 Å². The van der Waals surface area contributed by atoms with Crippen molar-refractivity contribution in [2.75, 3.05) is 0 Å². The summed E-state index contributed by atoms with van der Waals surface area (Å²) in [6.07, 6.45) is 4.82. The standard InChI is InChI=1S/C7H10O3/c8-6(9)7(10)4-2-1-3-5-7/h1-2,10H,3-5H2,(H,8,9)/t7-/m0/s1. The summed E-state index contributed by atoms with van der Waals surface area (Å²) in [7, 11) is 0. The minimum Gasteiger partial charge on any atom is -0.479 e. The van der Waals surface area contributed by atoms with Crippen LogP contribution in [0, 0.1) is 0 Å². The highest BCUT2D eigenvalue weighted by Crippen LogP contribution is 2.22. The third kappa shape index (κ3) is 1.19. The lowest BCUT2D eigenvalue weighted by atomic mass is 9.90. The fraction of sp³-hybridized carbons (Fsp3) is 0.571. The molecule has 3 heteroatoms. The summed E-state index contributed by atoms with van der Waals surface area (Å²) in [5.74, 6) is -1.11. The van der Waals surface area contributed by atoms with Crippen LogP contribution in [-0.2, 0) is 4.79 Å². The zero-order valence-corrected chi connectivity index (χ0v) is 5.58. The van der Waals surface area contributed by atoms with Gasteiger partial charge in [-0.05, 0) is 12.8 Å². The van der Waals surface area contributed by atoms with Crippen molar-refractivity contribution in [3.8, 4) is 0 Å². The van der Waals surface area contributed by atoms with E-state index >= 15 is 0 Å². The van der Waals surface area contributed by atoms with Gasteiger partial charge in [0.2, 0.25) is 0 Å². The monoisotopic (exact) mass is 142 g/mol. The molecule has 0 saturated heterocycles. The van der Waals surface area contributed by atoms with Crippen molar-refractivity contribution < 1.29 is 15.0 Å². The molecule has 0 aromatic rings. The molecule has 1 atom stereocenters. The lowest BCUT2D eigenvalue weighted by molar-refractivity contribution is -0.159. The van der Waals surface area contributed by atoms with Crippen molar-refractivity contribution in [3.63, 3.8) is 0 Å². The van der Waals surface area contributed by atoms with E-state index in [9.17, 15) is 9.90 Å². The smallest absolute Gasteiger partial charge is 0.336 e.